The monoisotopic (exact) mass is 398 g/mol. The van der Waals surface area contributed by atoms with Gasteiger partial charge < -0.3 is 19.7 Å². The standard InChI is InChI=1S/C20H22N4O5/c1-12(25)22-7-15-8-24(19(27)29-15)14-5-3-13(4-6-14)20(11-21)16-9-23(10-17(16)20)18(26)28-2/h3-6,15-17H,7-10H2,1-2H3,(H,22,25)/t15-,16?,17?,20?/m0/s1. The number of piperidine rings is 1. The van der Waals surface area contributed by atoms with E-state index in [2.05, 4.69) is 11.4 Å². The highest BCUT2D eigenvalue weighted by atomic mass is 16.6. The highest BCUT2D eigenvalue weighted by Gasteiger charge is 2.70. The number of carbonyl (C=O) groups is 3. The van der Waals surface area contributed by atoms with E-state index in [4.69, 9.17) is 9.47 Å². The maximum absolute atomic E-state index is 12.2. The summed E-state index contributed by atoms with van der Waals surface area (Å²) in [5.41, 5.74) is 0.979. The van der Waals surface area contributed by atoms with Crippen LogP contribution in [0.25, 0.3) is 0 Å². The Balaban J connectivity index is 1.44. The number of rotatable bonds is 4. The number of nitrogens with zero attached hydrogens (tertiary/aromatic N) is 3. The van der Waals surface area contributed by atoms with Crippen molar-refractivity contribution in [1.82, 2.24) is 10.2 Å². The minimum atomic E-state index is -0.595. The van der Waals surface area contributed by atoms with Crippen LogP contribution in [0.2, 0.25) is 0 Å². The lowest BCUT2D eigenvalue weighted by molar-refractivity contribution is -0.119. The maximum Gasteiger partial charge on any atom is 0.414 e. The largest absolute Gasteiger partial charge is 0.453 e. The van der Waals surface area contributed by atoms with Gasteiger partial charge in [-0.05, 0) is 17.7 Å². The summed E-state index contributed by atoms with van der Waals surface area (Å²) in [5.74, 6) is 0.0128. The van der Waals surface area contributed by atoms with Crippen LogP contribution in [0.15, 0.2) is 24.3 Å². The van der Waals surface area contributed by atoms with Crippen molar-refractivity contribution in [3.8, 4) is 6.07 Å². The lowest BCUT2D eigenvalue weighted by Gasteiger charge is -2.22. The fourth-order valence-corrected chi connectivity index (χ4v) is 4.58. The van der Waals surface area contributed by atoms with Gasteiger partial charge in [0.1, 0.15) is 6.10 Å². The van der Waals surface area contributed by atoms with Gasteiger partial charge in [-0.25, -0.2) is 9.59 Å². The average Bonchev–Trinajstić information content (AvgIpc) is 3.02. The molecule has 1 saturated carbocycles. The SMILES string of the molecule is COC(=O)N1CC2C(C1)C2(C#N)c1ccc(N2C[C@H](CNC(C)=O)OC2=O)cc1. The molecule has 2 saturated heterocycles. The molecular formula is C20H22N4O5. The molecule has 9 nitrogen and oxygen atoms in total. The third-order valence-corrected chi connectivity index (χ3v) is 6.11. The molecule has 1 N–H and O–H groups in total. The van der Waals surface area contributed by atoms with Crippen LogP contribution < -0.4 is 10.2 Å². The second kappa shape index (κ2) is 6.95. The summed E-state index contributed by atoms with van der Waals surface area (Å²) in [5, 5.41) is 12.5. The Kier molecular flexibility index (Phi) is 4.57. The second-order valence-electron chi connectivity index (χ2n) is 7.67. The van der Waals surface area contributed by atoms with Gasteiger partial charge in [-0.15, -0.1) is 0 Å². The first-order valence-electron chi connectivity index (χ1n) is 9.48. The number of amides is 3. The highest BCUT2D eigenvalue weighted by Crippen LogP contribution is 2.63. The minimum absolute atomic E-state index is 0.0937. The molecule has 0 radical (unpaired) electrons. The summed E-state index contributed by atoms with van der Waals surface area (Å²) >= 11 is 0. The number of nitrogens with one attached hydrogen (secondary N) is 1. The number of anilines is 1. The molecule has 9 heteroatoms. The summed E-state index contributed by atoms with van der Waals surface area (Å²) in [6, 6.07) is 9.81. The van der Waals surface area contributed by atoms with E-state index in [1.54, 1.807) is 4.90 Å². The van der Waals surface area contributed by atoms with Crippen molar-refractivity contribution >= 4 is 23.8 Å². The molecule has 1 aromatic rings. The first kappa shape index (κ1) is 19.1. The van der Waals surface area contributed by atoms with Crippen LogP contribution in [0.4, 0.5) is 15.3 Å². The maximum atomic E-state index is 12.2. The number of ether oxygens (including phenoxy) is 2. The summed E-state index contributed by atoms with van der Waals surface area (Å²) in [6.45, 7) is 3.05. The van der Waals surface area contributed by atoms with Gasteiger partial charge in [0.2, 0.25) is 5.91 Å². The fourth-order valence-electron chi connectivity index (χ4n) is 4.58. The molecule has 0 bridgehead atoms. The number of hydrogen-bond acceptors (Lipinski definition) is 6. The Morgan fingerprint density at radius 2 is 1.93 bits per heavy atom. The van der Waals surface area contributed by atoms with E-state index in [0.29, 0.717) is 25.3 Å². The van der Waals surface area contributed by atoms with Gasteiger partial charge in [0, 0.05) is 37.5 Å². The lowest BCUT2D eigenvalue weighted by Crippen LogP contribution is -2.34. The minimum Gasteiger partial charge on any atom is -0.453 e. The zero-order valence-corrected chi connectivity index (χ0v) is 16.3. The van der Waals surface area contributed by atoms with E-state index in [9.17, 15) is 19.6 Å². The Morgan fingerprint density at radius 3 is 2.48 bits per heavy atom. The first-order chi connectivity index (χ1) is 13.9. The number of carbonyl (C=O) groups excluding carboxylic acids is 3. The topological polar surface area (TPSA) is 112 Å². The number of cyclic esters (lactones) is 1. The van der Waals surface area contributed by atoms with E-state index in [0.717, 1.165) is 5.56 Å². The third-order valence-electron chi connectivity index (χ3n) is 6.11. The van der Waals surface area contributed by atoms with E-state index in [-0.39, 0.29) is 30.4 Å². The predicted molar refractivity (Wildman–Crippen MR) is 101 cm³/mol. The number of fused-ring (bicyclic) bond motifs is 1. The summed E-state index contributed by atoms with van der Waals surface area (Å²) in [7, 11) is 1.35. The van der Waals surface area contributed by atoms with Gasteiger partial charge in [0.05, 0.1) is 31.7 Å². The van der Waals surface area contributed by atoms with Crippen molar-refractivity contribution < 1.29 is 23.9 Å². The van der Waals surface area contributed by atoms with Crippen LogP contribution in [0.5, 0.6) is 0 Å². The summed E-state index contributed by atoms with van der Waals surface area (Å²) in [4.78, 5) is 38.0. The molecule has 1 aliphatic carbocycles. The second-order valence-corrected chi connectivity index (χ2v) is 7.67. The van der Waals surface area contributed by atoms with Crippen molar-refractivity contribution in [2.75, 3.05) is 38.2 Å². The number of benzene rings is 1. The zero-order valence-electron chi connectivity index (χ0n) is 16.3. The van der Waals surface area contributed by atoms with E-state index in [1.807, 2.05) is 24.3 Å². The van der Waals surface area contributed by atoms with Crippen LogP contribution in [-0.4, -0.2) is 62.4 Å². The Bertz CT molecular complexity index is 881. The molecule has 3 atom stereocenters. The zero-order chi connectivity index (χ0) is 20.8. The molecule has 3 amide bonds. The van der Waals surface area contributed by atoms with Crippen molar-refractivity contribution in [2.45, 2.75) is 18.4 Å². The molecule has 152 valence electrons. The van der Waals surface area contributed by atoms with Crippen molar-refractivity contribution in [2.24, 2.45) is 11.8 Å². The molecule has 3 fully saturated rings. The van der Waals surface area contributed by atoms with Crippen molar-refractivity contribution in [3.05, 3.63) is 29.8 Å². The molecular weight excluding hydrogens is 376 g/mol. The van der Waals surface area contributed by atoms with E-state index in [1.165, 1.54) is 18.9 Å². The van der Waals surface area contributed by atoms with E-state index >= 15 is 0 Å². The van der Waals surface area contributed by atoms with Gasteiger partial charge in [-0.2, -0.15) is 5.26 Å². The number of methoxy groups -OCH3 is 1. The number of likely N-dealkylation sites (tertiary alicyclic amines) is 1. The first-order valence-corrected chi connectivity index (χ1v) is 9.48. The lowest BCUT2D eigenvalue weighted by atomic mass is 9.91. The molecule has 29 heavy (non-hydrogen) atoms. The van der Waals surface area contributed by atoms with Crippen molar-refractivity contribution in [3.63, 3.8) is 0 Å². The normalized spacial score (nSPS) is 29.7. The van der Waals surface area contributed by atoms with Crippen LogP contribution in [0.3, 0.4) is 0 Å². The third kappa shape index (κ3) is 3.05. The smallest absolute Gasteiger partial charge is 0.414 e. The summed E-state index contributed by atoms with van der Waals surface area (Å²) in [6.07, 6.45) is -1.22. The van der Waals surface area contributed by atoms with E-state index < -0.39 is 17.6 Å². The molecule has 1 aromatic carbocycles. The molecule has 2 aliphatic heterocycles. The van der Waals surface area contributed by atoms with Gasteiger partial charge in [0.15, 0.2) is 0 Å². The average molecular weight is 398 g/mol. The Labute approximate surface area is 168 Å². The molecule has 3 aliphatic rings. The molecule has 2 heterocycles. The van der Waals surface area contributed by atoms with Gasteiger partial charge in [0.25, 0.3) is 0 Å². The predicted octanol–water partition coefficient (Wildman–Crippen LogP) is 1.24. The van der Waals surface area contributed by atoms with Gasteiger partial charge in [-0.3, -0.25) is 9.69 Å². The van der Waals surface area contributed by atoms with Crippen LogP contribution in [0.1, 0.15) is 12.5 Å². The fraction of sp³-hybridized carbons (Fsp3) is 0.500. The van der Waals surface area contributed by atoms with Gasteiger partial charge in [-0.1, -0.05) is 12.1 Å². The van der Waals surface area contributed by atoms with Gasteiger partial charge >= 0.3 is 12.2 Å². The molecule has 2 unspecified atom stereocenters. The van der Waals surface area contributed by atoms with Crippen LogP contribution in [0, 0.1) is 23.2 Å². The molecule has 0 spiro atoms. The van der Waals surface area contributed by atoms with Crippen LogP contribution in [-0.2, 0) is 19.7 Å². The number of nitriles is 1. The summed E-state index contributed by atoms with van der Waals surface area (Å²) < 4.78 is 10.0. The molecule has 0 aromatic heterocycles. The molecule has 4 rings (SSSR count). The Hall–Kier alpha value is -3.28. The Morgan fingerprint density at radius 1 is 1.28 bits per heavy atom. The quantitative estimate of drug-likeness (QED) is 0.817. The highest BCUT2D eigenvalue weighted by molar-refractivity contribution is 5.89. The van der Waals surface area contributed by atoms with Crippen molar-refractivity contribution in [1.29, 1.82) is 5.26 Å². The number of hydrogen-bond donors (Lipinski definition) is 1. The van der Waals surface area contributed by atoms with Crippen LogP contribution >= 0.6 is 0 Å².